The lowest BCUT2D eigenvalue weighted by Crippen LogP contribution is -2.49. The van der Waals surface area contributed by atoms with Gasteiger partial charge in [0.1, 0.15) is 12.4 Å². The fourth-order valence-electron chi connectivity index (χ4n) is 2.62. The number of rotatable bonds is 5. The van der Waals surface area contributed by atoms with Crippen LogP contribution in [0.15, 0.2) is 24.3 Å². The number of nitrogens with two attached hydrogens (primary N) is 1. The summed E-state index contributed by atoms with van der Waals surface area (Å²) in [6.45, 7) is 4.59. The van der Waals surface area contributed by atoms with E-state index in [9.17, 15) is 8.42 Å². The van der Waals surface area contributed by atoms with Gasteiger partial charge in [-0.1, -0.05) is 17.7 Å². The maximum absolute atomic E-state index is 12.4. The van der Waals surface area contributed by atoms with Crippen molar-refractivity contribution in [2.24, 2.45) is 5.73 Å². The van der Waals surface area contributed by atoms with E-state index in [1.807, 2.05) is 38.1 Å². The summed E-state index contributed by atoms with van der Waals surface area (Å²) in [7, 11) is -3.28. The third-order valence-corrected chi connectivity index (χ3v) is 5.78. The average molecular weight is 349 g/mol. The van der Waals surface area contributed by atoms with E-state index >= 15 is 0 Å². The number of nitrogens with zero attached hydrogens (tertiary/aromatic N) is 1. The van der Waals surface area contributed by atoms with E-state index in [4.69, 9.17) is 10.5 Å². The maximum Gasteiger partial charge on any atom is 0.217 e. The summed E-state index contributed by atoms with van der Waals surface area (Å²) in [5, 5.41) is 0. The van der Waals surface area contributed by atoms with E-state index in [0.29, 0.717) is 12.3 Å². The first kappa shape index (κ1) is 19.2. The number of aryl methyl sites for hydroxylation is 1. The van der Waals surface area contributed by atoms with Gasteiger partial charge in [0.05, 0.1) is 5.75 Å². The Morgan fingerprint density at radius 3 is 2.55 bits per heavy atom. The molecule has 1 aromatic carbocycles. The van der Waals surface area contributed by atoms with Crippen LogP contribution in [0.2, 0.25) is 0 Å². The smallest absolute Gasteiger partial charge is 0.217 e. The highest BCUT2D eigenvalue weighted by Gasteiger charge is 2.31. The number of benzene rings is 1. The van der Waals surface area contributed by atoms with E-state index in [-0.39, 0.29) is 36.9 Å². The molecule has 0 unspecified atom stereocenters. The zero-order valence-corrected chi connectivity index (χ0v) is 14.7. The van der Waals surface area contributed by atoms with Crippen LogP contribution in [-0.4, -0.2) is 43.7 Å². The normalized spacial score (nSPS) is 22.9. The minimum atomic E-state index is -3.28. The van der Waals surface area contributed by atoms with Gasteiger partial charge in [-0.25, -0.2) is 8.42 Å². The van der Waals surface area contributed by atoms with Crippen molar-refractivity contribution in [3.05, 3.63) is 29.8 Å². The first-order valence-corrected chi connectivity index (χ1v) is 8.94. The van der Waals surface area contributed by atoms with Crippen LogP contribution in [0, 0.1) is 6.92 Å². The van der Waals surface area contributed by atoms with Crippen LogP contribution in [0.1, 0.15) is 25.3 Å². The topological polar surface area (TPSA) is 72.6 Å². The summed E-state index contributed by atoms with van der Waals surface area (Å²) in [4.78, 5) is 0. The summed E-state index contributed by atoms with van der Waals surface area (Å²) in [6.07, 6.45) is 1.44. The second-order valence-electron chi connectivity index (χ2n) is 5.72. The van der Waals surface area contributed by atoms with Crippen molar-refractivity contribution in [2.45, 2.75) is 38.8 Å². The highest BCUT2D eigenvalue weighted by molar-refractivity contribution is 7.89. The Labute approximate surface area is 139 Å². The lowest BCUT2D eigenvalue weighted by atomic mass is 10.0. The molecule has 2 N–H and O–H groups in total. The number of hydrogen-bond donors (Lipinski definition) is 1. The van der Waals surface area contributed by atoms with E-state index in [2.05, 4.69) is 0 Å². The number of sulfonamides is 1. The van der Waals surface area contributed by atoms with Gasteiger partial charge in [0.25, 0.3) is 0 Å². The Bertz CT molecular complexity index is 563. The highest BCUT2D eigenvalue weighted by atomic mass is 35.5. The first-order valence-electron chi connectivity index (χ1n) is 7.33. The molecule has 0 radical (unpaired) electrons. The van der Waals surface area contributed by atoms with Gasteiger partial charge in [0.15, 0.2) is 0 Å². The van der Waals surface area contributed by atoms with Gasteiger partial charge >= 0.3 is 0 Å². The molecule has 0 aliphatic carbocycles. The van der Waals surface area contributed by atoms with E-state index in [1.165, 1.54) is 0 Å². The van der Waals surface area contributed by atoms with Crippen LogP contribution in [-0.2, 0) is 10.0 Å². The molecule has 1 aliphatic heterocycles. The third kappa shape index (κ3) is 5.12. The van der Waals surface area contributed by atoms with E-state index in [0.717, 1.165) is 18.4 Å². The fourth-order valence-corrected chi connectivity index (χ4v) is 4.16. The molecule has 0 aromatic heterocycles. The van der Waals surface area contributed by atoms with Crippen LogP contribution in [0.5, 0.6) is 5.75 Å². The second-order valence-corrected chi connectivity index (χ2v) is 7.76. The molecule has 1 aliphatic rings. The Hall–Kier alpha value is -0.820. The van der Waals surface area contributed by atoms with Crippen LogP contribution < -0.4 is 10.5 Å². The van der Waals surface area contributed by atoms with Crippen molar-refractivity contribution in [3.8, 4) is 5.75 Å². The van der Waals surface area contributed by atoms with Crippen molar-refractivity contribution in [3.63, 3.8) is 0 Å². The molecule has 1 aromatic rings. The van der Waals surface area contributed by atoms with Gasteiger partial charge in [0, 0.05) is 18.6 Å². The Balaban J connectivity index is 0.00000242. The molecule has 0 saturated carbocycles. The standard InChI is InChI=1S/C15H24N2O3S.ClH/c1-12-3-5-15(6-4-12)20-9-10-21(18,19)17-8-7-14(16)11-13(17)2;/h3-6,13-14H,7-11,16H2,1-2H3;1H/t13-,14+;/m1./s1. The van der Waals surface area contributed by atoms with Gasteiger partial charge in [-0.2, -0.15) is 4.31 Å². The summed E-state index contributed by atoms with van der Waals surface area (Å²) < 4.78 is 31.8. The predicted molar refractivity (Wildman–Crippen MR) is 91.1 cm³/mol. The molecule has 0 spiro atoms. The molecule has 2 rings (SSSR count). The molecule has 0 amide bonds. The second kappa shape index (κ2) is 8.15. The lowest BCUT2D eigenvalue weighted by Gasteiger charge is -2.35. The Morgan fingerprint density at radius 1 is 1.32 bits per heavy atom. The molecule has 5 nitrogen and oxygen atoms in total. The van der Waals surface area contributed by atoms with Crippen LogP contribution >= 0.6 is 12.4 Å². The van der Waals surface area contributed by atoms with Crippen LogP contribution in [0.3, 0.4) is 0 Å². The summed E-state index contributed by atoms with van der Waals surface area (Å²) >= 11 is 0. The van der Waals surface area contributed by atoms with Crippen molar-refractivity contribution in [2.75, 3.05) is 18.9 Å². The van der Waals surface area contributed by atoms with Crippen molar-refractivity contribution in [1.82, 2.24) is 4.31 Å². The molecule has 2 atom stereocenters. The minimum Gasteiger partial charge on any atom is -0.492 e. The highest BCUT2D eigenvalue weighted by Crippen LogP contribution is 2.20. The molecular weight excluding hydrogens is 324 g/mol. The summed E-state index contributed by atoms with van der Waals surface area (Å²) in [5.74, 6) is 0.699. The monoisotopic (exact) mass is 348 g/mol. The summed E-state index contributed by atoms with van der Waals surface area (Å²) in [6, 6.07) is 7.67. The Morgan fingerprint density at radius 2 is 1.95 bits per heavy atom. The summed E-state index contributed by atoms with van der Waals surface area (Å²) in [5.41, 5.74) is 7.02. The Kier molecular flexibility index (Phi) is 7.12. The van der Waals surface area contributed by atoms with Crippen LogP contribution in [0.25, 0.3) is 0 Å². The van der Waals surface area contributed by atoms with E-state index < -0.39 is 10.0 Å². The molecule has 0 bridgehead atoms. The molecule has 126 valence electrons. The van der Waals surface area contributed by atoms with Crippen molar-refractivity contribution in [1.29, 1.82) is 0 Å². The largest absolute Gasteiger partial charge is 0.492 e. The number of hydrogen-bond acceptors (Lipinski definition) is 4. The third-order valence-electron chi connectivity index (χ3n) is 3.84. The van der Waals surface area contributed by atoms with Crippen molar-refractivity contribution < 1.29 is 13.2 Å². The van der Waals surface area contributed by atoms with Gasteiger partial charge in [-0.15, -0.1) is 12.4 Å². The SMILES string of the molecule is Cc1ccc(OCCS(=O)(=O)N2CC[C@H](N)C[C@H]2C)cc1.Cl. The molecule has 1 heterocycles. The quantitative estimate of drug-likeness (QED) is 0.882. The van der Waals surface area contributed by atoms with Gasteiger partial charge in [0.2, 0.25) is 10.0 Å². The lowest BCUT2D eigenvalue weighted by molar-refractivity contribution is 0.244. The van der Waals surface area contributed by atoms with Crippen LogP contribution in [0.4, 0.5) is 0 Å². The van der Waals surface area contributed by atoms with Crippen molar-refractivity contribution >= 4 is 22.4 Å². The molecular formula is C15H25ClN2O3S. The molecule has 1 saturated heterocycles. The molecule has 1 fully saturated rings. The molecule has 22 heavy (non-hydrogen) atoms. The van der Waals surface area contributed by atoms with Gasteiger partial charge in [-0.05, 0) is 38.8 Å². The zero-order chi connectivity index (χ0) is 15.5. The first-order chi connectivity index (χ1) is 9.88. The fraction of sp³-hybridized carbons (Fsp3) is 0.600. The number of halogens is 1. The number of piperidine rings is 1. The predicted octanol–water partition coefficient (Wildman–Crippen LogP) is 1.94. The zero-order valence-electron chi connectivity index (χ0n) is 13.1. The number of ether oxygens (including phenoxy) is 1. The average Bonchev–Trinajstić information content (AvgIpc) is 2.40. The minimum absolute atomic E-state index is 0. The molecule has 7 heteroatoms. The van der Waals surface area contributed by atoms with Gasteiger partial charge < -0.3 is 10.5 Å². The maximum atomic E-state index is 12.4. The van der Waals surface area contributed by atoms with E-state index in [1.54, 1.807) is 4.31 Å². The van der Waals surface area contributed by atoms with Gasteiger partial charge in [-0.3, -0.25) is 0 Å².